The minimum absolute atomic E-state index is 0.0207. The molecule has 3 N–H and O–H groups in total. The number of anilines is 1. The number of benzene rings is 1. The predicted molar refractivity (Wildman–Crippen MR) is 76.6 cm³/mol. The van der Waals surface area contributed by atoms with E-state index in [-0.39, 0.29) is 24.5 Å². The molecule has 5 heteroatoms. The Bertz CT molecular complexity index is 514. The first-order valence-electron chi connectivity index (χ1n) is 6.94. The Kier molecular flexibility index (Phi) is 4.74. The number of aryl methyl sites for hydroxylation is 1. The lowest BCUT2D eigenvalue weighted by atomic mass is 10.00. The normalized spacial score (nSPS) is 15.2. The van der Waals surface area contributed by atoms with Crippen LogP contribution in [0, 0.1) is 0 Å². The van der Waals surface area contributed by atoms with Gasteiger partial charge in [0, 0.05) is 30.3 Å². The van der Waals surface area contributed by atoms with Crippen LogP contribution < -0.4 is 10.6 Å². The van der Waals surface area contributed by atoms with E-state index in [2.05, 4.69) is 10.6 Å². The van der Waals surface area contributed by atoms with Crippen molar-refractivity contribution < 1.29 is 14.7 Å². The number of carbonyl (C=O) groups excluding carboxylic acids is 2. The van der Waals surface area contributed by atoms with Crippen molar-refractivity contribution in [1.29, 1.82) is 0 Å². The largest absolute Gasteiger partial charge is 0.396 e. The molecular weight excluding hydrogens is 256 g/mol. The van der Waals surface area contributed by atoms with Crippen molar-refractivity contribution >= 4 is 17.5 Å². The Morgan fingerprint density at radius 1 is 1.45 bits per heavy atom. The maximum atomic E-state index is 12.1. The smallest absolute Gasteiger partial charge is 0.251 e. The highest BCUT2D eigenvalue weighted by Crippen LogP contribution is 2.23. The predicted octanol–water partition coefficient (Wildman–Crippen LogP) is 1.46. The number of carbonyl (C=O) groups is 2. The van der Waals surface area contributed by atoms with Crippen molar-refractivity contribution in [1.82, 2.24) is 5.32 Å². The van der Waals surface area contributed by atoms with Crippen molar-refractivity contribution in [2.45, 2.75) is 38.6 Å². The minimum atomic E-state index is -0.116. The van der Waals surface area contributed by atoms with E-state index < -0.39 is 0 Å². The van der Waals surface area contributed by atoms with Crippen LogP contribution in [0.1, 0.15) is 42.1 Å². The van der Waals surface area contributed by atoms with Crippen LogP contribution in [0.4, 0.5) is 5.69 Å². The minimum Gasteiger partial charge on any atom is -0.396 e. The molecule has 108 valence electrons. The van der Waals surface area contributed by atoms with E-state index in [0.29, 0.717) is 24.8 Å². The molecule has 1 atom stereocenters. The summed E-state index contributed by atoms with van der Waals surface area (Å²) in [6.07, 6.45) is 2.56. The van der Waals surface area contributed by atoms with Crippen LogP contribution in [0.2, 0.25) is 0 Å². The van der Waals surface area contributed by atoms with Gasteiger partial charge in [-0.3, -0.25) is 9.59 Å². The summed E-state index contributed by atoms with van der Waals surface area (Å²) in [6.45, 7) is 2.06. The van der Waals surface area contributed by atoms with Gasteiger partial charge in [0.25, 0.3) is 5.91 Å². The van der Waals surface area contributed by atoms with Crippen molar-refractivity contribution in [2.24, 2.45) is 0 Å². The zero-order chi connectivity index (χ0) is 14.5. The van der Waals surface area contributed by atoms with Gasteiger partial charge in [-0.1, -0.05) is 0 Å². The lowest BCUT2D eigenvalue weighted by Gasteiger charge is -2.18. The molecule has 0 saturated carbocycles. The number of amides is 2. The Balaban J connectivity index is 2.02. The van der Waals surface area contributed by atoms with Crippen LogP contribution in [0.25, 0.3) is 0 Å². The third kappa shape index (κ3) is 3.57. The third-order valence-electron chi connectivity index (χ3n) is 3.44. The quantitative estimate of drug-likeness (QED) is 0.762. The first-order chi connectivity index (χ1) is 9.60. The number of hydrogen-bond donors (Lipinski definition) is 3. The number of nitrogens with one attached hydrogen (secondary N) is 2. The second-order valence-corrected chi connectivity index (χ2v) is 5.16. The zero-order valence-electron chi connectivity index (χ0n) is 11.6. The van der Waals surface area contributed by atoms with E-state index in [0.717, 1.165) is 17.7 Å². The molecule has 1 aliphatic heterocycles. The molecule has 0 radical (unpaired) electrons. The zero-order valence-corrected chi connectivity index (χ0v) is 11.6. The molecule has 0 aliphatic carbocycles. The maximum Gasteiger partial charge on any atom is 0.251 e. The molecular formula is C15H20N2O3. The molecule has 2 rings (SSSR count). The first kappa shape index (κ1) is 14.5. The van der Waals surface area contributed by atoms with Gasteiger partial charge in [-0.25, -0.2) is 0 Å². The van der Waals surface area contributed by atoms with Gasteiger partial charge in [0.1, 0.15) is 0 Å². The summed E-state index contributed by atoms with van der Waals surface area (Å²) < 4.78 is 0. The average Bonchev–Trinajstić information content (AvgIpc) is 2.44. The molecule has 5 nitrogen and oxygen atoms in total. The summed E-state index contributed by atoms with van der Waals surface area (Å²) in [6, 6.07) is 5.37. The monoisotopic (exact) mass is 276 g/mol. The molecule has 0 fully saturated rings. The lowest BCUT2D eigenvalue weighted by Crippen LogP contribution is -2.32. The van der Waals surface area contributed by atoms with Gasteiger partial charge in [0.15, 0.2) is 0 Å². The maximum absolute atomic E-state index is 12.1. The second kappa shape index (κ2) is 6.52. The fraction of sp³-hybridized carbons (Fsp3) is 0.467. The summed E-state index contributed by atoms with van der Waals surface area (Å²) in [4.78, 5) is 23.4. The Morgan fingerprint density at radius 3 is 3.00 bits per heavy atom. The molecule has 0 bridgehead atoms. The summed E-state index contributed by atoms with van der Waals surface area (Å²) >= 11 is 0. The third-order valence-corrected chi connectivity index (χ3v) is 3.44. The standard InChI is InChI=1S/C15H20N2O3/c1-10(3-2-8-18)16-15(20)12-4-6-13-11(9-12)5-7-14(19)17-13/h4,6,9-10,18H,2-3,5,7-8H2,1H3,(H,16,20)(H,17,19). The summed E-state index contributed by atoms with van der Waals surface area (Å²) in [7, 11) is 0. The van der Waals surface area contributed by atoms with Crippen molar-refractivity contribution in [3.63, 3.8) is 0 Å². The first-order valence-corrected chi connectivity index (χ1v) is 6.94. The van der Waals surface area contributed by atoms with Crippen LogP contribution in [0.3, 0.4) is 0 Å². The fourth-order valence-corrected chi connectivity index (χ4v) is 2.30. The van der Waals surface area contributed by atoms with E-state index in [9.17, 15) is 9.59 Å². The molecule has 1 heterocycles. The number of hydrogen-bond acceptors (Lipinski definition) is 3. The fourth-order valence-electron chi connectivity index (χ4n) is 2.30. The van der Waals surface area contributed by atoms with Gasteiger partial charge in [0.05, 0.1) is 0 Å². The van der Waals surface area contributed by atoms with Gasteiger partial charge < -0.3 is 15.7 Å². The van der Waals surface area contributed by atoms with Crippen LogP contribution in [-0.4, -0.2) is 29.6 Å². The van der Waals surface area contributed by atoms with Crippen LogP contribution in [-0.2, 0) is 11.2 Å². The number of rotatable bonds is 5. The Morgan fingerprint density at radius 2 is 2.25 bits per heavy atom. The SMILES string of the molecule is CC(CCCO)NC(=O)c1ccc2c(c1)CCC(=O)N2. The van der Waals surface area contributed by atoms with Crippen molar-refractivity contribution in [2.75, 3.05) is 11.9 Å². The molecule has 0 saturated heterocycles. The van der Waals surface area contributed by atoms with Crippen molar-refractivity contribution in [3.05, 3.63) is 29.3 Å². The number of fused-ring (bicyclic) bond motifs is 1. The Labute approximate surface area is 118 Å². The topological polar surface area (TPSA) is 78.4 Å². The molecule has 0 spiro atoms. The lowest BCUT2D eigenvalue weighted by molar-refractivity contribution is -0.116. The van der Waals surface area contributed by atoms with Crippen molar-refractivity contribution in [3.8, 4) is 0 Å². The highest BCUT2D eigenvalue weighted by molar-refractivity contribution is 5.98. The Hall–Kier alpha value is -1.88. The molecule has 1 aromatic carbocycles. The molecule has 2 amide bonds. The summed E-state index contributed by atoms with van der Waals surface area (Å²) in [5, 5.41) is 14.5. The van der Waals surface area contributed by atoms with E-state index >= 15 is 0 Å². The van der Waals surface area contributed by atoms with E-state index in [1.807, 2.05) is 13.0 Å². The van der Waals surface area contributed by atoms with Gasteiger partial charge >= 0.3 is 0 Å². The van der Waals surface area contributed by atoms with Crippen LogP contribution in [0.15, 0.2) is 18.2 Å². The highest BCUT2D eigenvalue weighted by atomic mass is 16.3. The second-order valence-electron chi connectivity index (χ2n) is 5.16. The molecule has 20 heavy (non-hydrogen) atoms. The number of aliphatic hydroxyl groups is 1. The van der Waals surface area contributed by atoms with Gasteiger partial charge in [-0.05, 0) is 49.9 Å². The van der Waals surface area contributed by atoms with Gasteiger partial charge in [-0.15, -0.1) is 0 Å². The molecule has 1 aromatic rings. The van der Waals surface area contributed by atoms with E-state index in [4.69, 9.17) is 5.11 Å². The van der Waals surface area contributed by atoms with E-state index in [1.165, 1.54) is 0 Å². The van der Waals surface area contributed by atoms with Gasteiger partial charge in [0.2, 0.25) is 5.91 Å². The van der Waals surface area contributed by atoms with Crippen LogP contribution in [0.5, 0.6) is 0 Å². The van der Waals surface area contributed by atoms with E-state index in [1.54, 1.807) is 12.1 Å². The molecule has 1 unspecified atom stereocenters. The van der Waals surface area contributed by atoms with Gasteiger partial charge in [-0.2, -0.15) is 0 Å². The highest BCUT2D eigenvalue weighted by Gasteiger charge is 2.17. The summed E-state index contributed by atoms with van der Waals surface area (Å²) in [5.74, 6) is -0.0949. The molecule has 0 aromatic heterocycles. The molecule has 1 aliphatic rings. The average molecular weight is 276 g/mol. The summed E-state index contributed by atoms with van der Waals surface area (Å²) in [5.41, 5.74) is 2.40. The number of aliphatic hydroxyl groups excluding tert-OH is 1. The van der Waals surface area contributed by atoms with Crippen LogP contribution >= 0.6 is 0 Å².